The first-order valence-electron chi connectivity index (χ1n) is 9.07. The smallest absolute Gasteiger partial charge is 0.255 e. The maximum atomic E-state index is 13.3. The number of hydrogen-bond acceptors (Lipinski definition) is 3. The molecule has 0 unspecified atom stereocenters. The molecule has 2 saturated heterocycles. The van der Waals surface area contributed by atoms with Gasteiger partial charge in [-0.1, -0.05) is 18.2 Å². The maximum Gasteiger partial charge on any atom is 0.255 e. The summed E-state index contributed by atoms with van der Waals surface area (Å²) >= 11 is 2.25. The van der Waals surface area contributed by atoms with Gasteiger partial charge in [-0.05, 0) is 67.0 Å². The third kappa shape index (κ3) is 2.24. The van der Waals surface area contributed by atoms with Crippen LogP contribution in [0.5, 0.6) is 0 Å². The Bertz CT molecular complexity index is 882. The van der Waals surface area contributed by atoms with Crippen molar-refractivity contribution in [1.82, 2.24) is 9.80 Å². The van der Waals surface area contributed by atoms with Gasteiger partial charge in [0.05, 0.1) is 5.69 Å². The molecule has 0 spiro atoms. The van der Waals surface area contributed by atoms with Crippen molar-refractivity contribution in [3.8, 4) is 0 Å². The van der Waals surface area contributed by atoms with Gasteiger partial charge in [0.2, 0.25) is 0 Å². The minimum absolute atomic E-state index is 0.190. The van der Waals surface area contributed by atoms with Crippen LogP contribution in [0.1, 0.15) is 41.6 Å². The summed E-state index contributed by atoms with van der Waals surface area (Å²) in [5, 5.41) is 2.09. The fourth-order valence-corrected chi connectivity index (χ4v) is 5.79. The molecule has 3 aliphatic rings. The molecule has 0 radical (unpaired) electrons. The van der Waals surface area contributed by atoms with E-state index in [0.29, 0.717) is 18.1 Å². The van der Waals surface area contributed by atoms with Crippen molar-refractivity contribution in [2.24, 2.45) is 0 Å². The van der Waals surface area contributed by atoms with Gasteiger partial charge in [0.1, 0.15) is 0 Å². The Kier molecular flexibility index (Phi) is 3.54. The van der Waals surface area contributed by atoms with Crippen molar-refractivity contribution in [2.45, 2.75) is 50.4 Å². The van der Waals surface area contributed by atoms with Crippen molar-refractivity contribution in [3.05, 3.63) is 39.0 Å². The number of anilines is 1. The van der Waals surface area contributed by atoms with Crippen molar-refractivity contribution in [1.29, 1.82) is 0 Å². The molecule has 130 valence electrons. The van der Waals surface area contributed by atoms with Crippen LogP contribution in [0.25, 0.3) is 10.8 Å². The first-order chi connectivity index (χ1) is 12.0. The first kappa shape index (κ1) is 15.9. The number of rotatable bonds is 1. The zero-order valence-corrected chi connectivity index (χ0v) is 16.5. The molecule has 5 heteroatoms. The molecule has 4 nitrogen and oxygen atoms in total. The van der Waals surface area contributed by atoms with E-state index in [1.165, 1.54) is 18.4 Å². The van der Waals surface area contributed by atoms with Crippen LogP contribution in [0.4, 0.5) is 5.69 Å². The Morgan fingerprint density at radius 3 is 2.60 bits per heavy atom. The highest BCUT2D eigenvalue weighted by Gasteiger charge is 2.42. The minimum Gasteiger partial charge on any atom is -0.397 e. The largest absolute Gasteiger partial charge is 0.397 e. The number of halogens is 1. The summed E-state index contributed by atoms with van der Waals surface area (Å²) in [5.74, 6) is 0.190. The minimum atomic E-state index is 0.190. The molecule has 0 aliphatic carbocycles. The fraction of sp³-hybridized carbons (Fsp3) is 0.450. The highest BCUT2D eigenvalue weighted by atomic mass is 127. The third-order valence-corrected chi connectivity index (χ3v) is 7.48. The summed E-state index contributed by atoms with van der Waals surface area (Å²) < 4.78 is 0.968. The van der Waals surface area contributed by atoms with E-state index in [4.69, 9.17) is 5.73 Å². The lowest BCUT2D eigenvalue weighted by molar-refractivity contribution is 0.0452. The number of carbonyl (C=O) groups is 1. The Morgan fingerprint density at radius 1 is 1.16 bits per heavy atom. The summed E-state index contributed by atoms with van der Waals surface area (Å²) in [5.41, 5.74) is 9.14. The number of amides is 1. The highest BCUT2D eigenvalue weighted by Crippen LogP contribution is 2.41. The molecule has 0 saturated carbocycles. The van der Waals surface area contributed by atoms with Gasteiger partial charge in [0, 0.05) is 44.6 Å². The van der Waals surface area contributed by atoms with Gasteiger partial charge in [-0.3, -0.25) is 4.79 Å². The second-order valence-corrected chi connectivity index (χ2v) is 8.93. The molecule has 3 heterocycles. The van der Waals surface area contributed by atoms with Crippen LogP contribution < -0.4 is 5.73 Å². The summed E-state index contributed by atoms with van der Waals surface area (Å²) in [6.45, 7) is 0.719. The third-order valence-electron chi connectivity index (χ3n) is 6.58. The molecule has 0 aromatic heterocycles. The number of nitrogens with zero attached hydrogens (tertiary/aromatic N) is 2. The highest BCUT2D eigenvalue weighted by molar-refractivity contribution is 14.1. The number of nitrogens with two attached hydrogens (primary N) is 1. The molecular formula is C20H22IN3O. The van der Waals surface area contributed by atoms with Crippen molar-refractivity contribution >= 4 is 45.0 Å². The van der Waals surface area contributed by atoms with E-state index in [1.54, 1.807) is 0 Å². The Labute approximate surface area is 161 Å². The number of hydrogen-bond donors (Lipinski definition) is 1. The standard InChI is InChI=1S/C20H22IN3O/c1-23-12-5-6-13(23)8-14(7-12)24-10-11-3-2-4-15-18(11)16(20(24)25)9-17(21)19(15)22/h2-4,9,12-14H,5-8,10,22H2,1H3/t12-,13+,14-. The normalized spacial score (nSPS) is 28.8. The topological polar surface area (TPSA) is 49.6 Å². The van der Waals surface area contributed by atoms with E-state index in [0.717, 1.165) is 45.0 Å². The van der Waals surface area contributed by atoms with E-state index in [9.17, 15) is 4.79 Å². The molecule has 3 aliphatic heterocycles. The number of benzene rings is 2. The second kappa shape index (κ2) is 5.58. The molecule has 2 fully saturated rings. The quantitative estimate of drug-likeness (QED) is 0.537. The van der Waals surface area contributed by atoms with Crippen molar-refractivity contribution in [3.63, 3.8) is 0 Å². The Hall–Kier alpha value is -1.34. The zero-order valence-electron chi connectivity index (χ0n) is 14.3. The van der Waals surface area contributed by atoms with Crippen LogP contribution >= 0.6 is 22.6 Å². The summed E-state index contributed by atoms with van der Waals surface area (Å²) in [7, 11) is 2.25. The van der Waals surface area contributed by atoms with Crippen LogP contribution in [-0.2, 0) is 6.54 Å². The number of nitrogen functional groups attached to an aromatic ring is 1. The molecule has 2 aromatic rings. The van der Waals surface area contributed by atoms with Crippen LogP contribution in [0.15, 0.2) is 24.3 Å². The average Bonchev–Trinajstić information content (AvgIpc) is 2.83. The van der Waals surface area contributed by atoms with Gasteiger partial charge >= 0.3 is 0 Å². The van der Waals surface area contributed by atoms with Gasteiger partial charge in [-0.2, -0.15) is 0 Å². The lowest BCUT2D eigenvalue weighted by atomic mass is 9.90. The first-order valence-corrected chi connectivity index (χ1v) is 10.1. The zero-order chi connectivity index (χ0) is 17.3. The molecule has 5 rings (SSSR count). The fourth-order valence-electron chi connectivity index (χ4n) is 5.19. The van der Waals surface area contributed by atoms with Gasteiger partial charge in [-0.25, -0.2) is 0 Å². The SMILES string of the molecule is CN1[C@@H]2CC[C@H]1C[C@H](N1Cc3cccc4c(N)c(I)cc(c34)C1=O)C2. The molecule has 2 N–H and O–H groups in total. The predicted octanol–water partition coefficient (Wildman–Crippen LogP) is 3.61. The summed E-state index contributed by atoms with van der Waals surface area (Å²) in [4.78, 5) is 18.0. The van der Waals surface area contributed by atoms with E-state index in [1.807, 2.05) is 12.1 Å². The molecule has 3 atom stereocenters. The molecular weight excluding hydrogens is 425 g/mol. The van der Waals surface area contributed by atoms with E-state index >= 15 is 0 Å². The van der Waals surface area contributed by atoms with E-state index in [-0.39, 0.29) is 5.91 Å². The van der Waals surface area contributed by atoms with Crippen molar-refractivity contribution < 1.29 is 4.79 Å². The van der Waals surface area contributed by atoms with E-state index in [2.05, 4.69) is 51.6 Å². The lowest BCUT2D eigenvalue weighted by Gasteiger charge is -2.43. The van der Waals surface area contributed by atoms with Gasteiger partial charge in [0.15, 0.2) is 0 Å². The maximum absolute atomic E-state index is 13.3. The van der Waals surface area contributed by atoms with Crippen molar-refractivity contribution in [2.75, 3.05) is 12.8 Å². The second-order valence-electron chi connectivity index (χ2n) is 7.77. The Morgan fingerprint density at radius 2 is 1.88 bits per heavy atom. The van der Waals surface area contributed by atoms with Gasteiger partial charge in [-0.15, -0.1) is 0 Å². The van der Waals surface area contributed by atoms with Crippen LogP contribution in [0.2, 0.25) is 0 Å². The molecule has 2 bridgehead atoms. The van der Waals surface area contributed by atoms with Crippen LogP contribution in [0, 0.1) is 3.57 Å². The van der Waals surface area contributed by atoms with E-state index < -0.39 is 0 Å². The average molecular weight is 447 g/mol. The monoisotopic (exact) mass is 447 g/mol. The summed E-state index contributed by atoms with van der Waals surface area (Å²) in [6, 6.07) is 9.89. The van der Waals surface area contributed by atoms with Gasteiger partial charge < -0.3 is 15.5 Å². The Balaban J connectivity index is 1.58. The molecule has 2 aromatic carbocycles. The number of fused-ring (bicyclic) bond motifs is 2. The van der Waals surface area contributed by atoms with Crippen LogP contribution in [0.3, 0.4) is 0 Å². The number of piperidine rings is 1. The lowest BCUT2D eigenvalue weighted by Crippen LogP contribution is -2.51. The van der Waals surface area contributed by atoms with Crippen LogP contribution in [-0.4, -0.2) is 40.9 Å². The summed E-state index contributed by atoms with van der Waals surface area (Å²) in [6.07, 6.45) is 4.77. The molecule has 25 heavy (non-hydrogen) atoms. The predicted molar refractivity (Wildman–Crippen MR) is 109 cm³/mol. The number of carbonyl (C=O) groups excluding carboxylic acids is 1. The van der Waals surface area contributed by atoms with Gasteiger partial charge in [0.25, 0.3) is 5.91 Å². The molecule has 1 amide bonds.